The highest BCUT2D eigenvalue weighted by Gasteiger charge is 2.49. The van der Waals surface area contributed by atoms with Crippen molar-refractivity contribution in [3.63, 3.8) is 0 Å². The fourth-order valence-electron chi connectivity index (χ4n) is 1.81. The molecule has 0 bridgehead atoms. The predicted octanol–water partition coefficient (Wildman–Crippen LogP) is 0.0527. The number of fused-ring (bicyclic) bond motifs is 1. The Morgan fingerprint density at radius 2 is 2.18 bits per heavy atom. The van der Waals surface area contributed by atoms with E-state index >= 15 is 0 Å². The topological polar surface area (TPSA) is 43.8 Å². The average Bonchev–Trinajstić information content (AvgIpc) is 2.66. The lowest BCUT2D eigenvalue weighted by Gasteiger charge is -2.29. The third-order valence-corrected chi connectivity index (χ3v) is 2.63. The van der Waals surface area contributed by atoms with Crippen LogP contribution in [0.15, 0.2) is 0 Å². The van der Waals surface area contributed by atoms with E-state index in [1.54, 1.807) is 4.90 Å². The number of piperazine rings is 1. The molecule has 2 aliphatic rings. The van der Waals surface area contributed by atoms with Gasteiger partial charge in [0.15, 0.2) is 0 Å². The van der Waals surface area contributed by atoms with Crippen LogP contribution in [-0.2, 0) is 0 Å². The number of likely N-dealkylation sites (N-methyl/N-ethyl adjacent to an activating group) is 1. The van der Waals surface area contributed by atoms with E-state index in [0.717, 1.165) is 13.0 Å². The molecule has 4 nitrogen and oxygen atoms in total. The average molecular weight is 156 g/mol. The Balaban J connectivity index is 2.02. The molecule has 2 rings (SSSR count). The van der Waals surface area contributed by atoms with Gasteiger partial charge in [-0.2, -0.15) is 0 Å². The van der Waals surface area contributed by atoms with Gasteiger partial charge in [0, 0.05) is 19.1 Å². The van der Waals surface area contributed by atoms with Crippen LogP contribution in [-0.4, -0.2) is 53.2 Å². The van der Waals surface area contributed by atoms with Crippen LogP contribution in [0, 0.1) is 0 Å². The van der Waals surface area contributed by atoms with Gasteiger partial charge in [0.2, 0.25) is 0 Å². The van der Waals surface area contributed by atoms with Crippen LogP contribution in [0.3, 0.4) is 0 Å². The highest BCUT2D eigenvalue weighted by Crippen LogP contribution is 2.35. The maximum absolute atomic E-state index is 10.6. The summed E-state index contributed by atoms with van der Waals surface area (Å²) in [6, 6.07) is 0.811. The molecule has 1 N–H and O–H groups in total. The summed E-state index contributed by atoms with van der Waals surface area (Å²) in [6.07, 6.45) is 0.272. The highest BCUT2D eigenvalue weighted by atomic mass is 16.4. The first-order valence-electron chi connectivity index (χ1n) is 3.90. The van der Waals surface area contributed by atoms with Crippen LogP contribution in [0.4, 0.5) is 4.79 Å². The molecule has 0 aromatic rings. The molecule has 11 heavy (non-hydrogen) atoms. The molecule has 0 spiro atoms. The Bertz CT molecular complexity index is 195. The summed E-state index contributed by atoms with van der Waals surface area (Å²) >= 11 is 0. The fraction of sp³-hybridized carbons (Fsp3) is 0.857. The van der Waals surface area contributed by atoms with Crippen molar-refractivity contribution in [2.75, 3.05) is 20.1 Å². The van der Waals surface area contributed by atoms with Gasteiger partial charge in [-0.25, -0.2) is 4.79 Å². The van der Waals surface area contributed by atoms with Gasteiger partial charge in [-0.1, -0.05) is 0 Å². The van der Waals surface area contributed by atoms with Crippen molar-refractivity contribution in [3.05, 3.63) is 0 Å². The van der Waals surface area contributed by atoms with Crippen molar-refractivity contribution in [1.29, 1.82) is 0 Å². The molecule has 1 aliphatic heterocycles. The minimum atomic E-state index is -0.759. The number of nitrogens with zero attached hydrogens (tertiary/aromatic N) is 2. The van der Waals surface area contributed by atoms with Crippen molar-refractivity contribution >= 4 is 6.09 Å². The Morgan fingerprint density at radius 3 is 2.82 bits per heavy atom. The third-order valence-electron chi connectivity index (χ3n) is 2.63. The van der Waals surface area contributed by atoms with E-state index in [-0.39, 0.29) is 0 Å². The van der Waals surface area contributed by atoms with Crippen LogP contribution in [0.5, 0.6) is 0 Å². The lowest BCUT2D eigenvalue weighted by molar-refractivity contribution is 0.112. The zero-order valence-corrected chi connectivity index (χ0v) is 6.53. The van der Waals surface area contributed by atoms with Crippen LogP contribution in [0.1, 0.15) is 6.42 Å². The van der Waals surface area contributed by atoms with E-state index in [1.807, 2.05) is 0 Å². The summed E-state index contributed by atoms with van der Waals surface area (Å²) in [5, 5.41) is 8.73. The van der Waals surface area contributed by atoms with Crippen molar-refractivity contribution in [2.45, 2.75) is 18.5 Å². The summed E-state index contributed by atoms with van der Waals surface area (Å²) in [6.45, 7) is 1.56. The molecule has 1 amide bonds. The number of amides is 1. The van der Waals surface area contributed by atoms with Crippen molar-refractivity contribution in [2.24, 2.45) is 0 Å². The van der Waals surface area contributed by atoms with Gasteiger partial charge in [-0.05, 0) is 13.5 Å². The molecule has 1 aliphatic carbocycles. The number of hydrogen-bond acceptors (Lipinski definition) is 2. The van der Waals surface area contributed by atoms with E-state index in [0.29, 0.717) is 18.6 Å². The first kappa shape index (κ1) is 6.91. The number of hydrogen-bond donors (Lipinski definition) is 1. The Labute approximate surface area is 65.4 Å². The van der Waals surface area contributed by atoms with Gasteiger partial charge < -0.3 is 10.0 Å². The summed E-state index contributed by atoms with van der Waals surface area (Å²) < 4.78 is 0. The second kappa shape index (κ2) is 2.11. The van der Waals surface area contributed by atoms with E-state index in [9.17, 15) is 4.79 Å². The second-order valence-electron chi connectivity index (χ2n) is 3.33. The van der Waals surface area contributed by atoms with Crippen molar-refractivity contribution in [1.82, 2.24) is 9.80 Å². The summed E-state index contributed by atoms with van der Waals surface area (Å²) in [7, 11) is 2.06. The quantitative estimate of drug-likeness (QED) is 0.539. The second-order valence-corrected chi connectivity index (χ2v) is 3.33. The molecule has 2 atom stereocenters. The van der Waals surface area contributed by atoms with Gasteiger partial charge in [-0.3, -0.25) is 4.90 Å². The molecule has 1 saturated carbocycles. The molecule has 2 fully saturated rings. The smallest absolute Gasteiger partial charge is 0.407 e. The van der Waals surface area contributed by atoms with Crippen LogP contribution >= 0.6 is 0 Å². The minimum Gasteiger partial charge on any atom is -0.465 e. The SMILES string of the molecule is CN1CCN(C(=O)O)[C@H]2C[C@H]21. The number of rotatable bonds is 0. The molecule has 0 radical (unpaired) electrons. The lowest BCUT2D eigenvalue weighted by Crippen LogP contribution is -2.46. The molecule has 0 aromatic carbocycles. The normalized spacial score (nSPS) is 36.6. The van der Waals surface area contributed by atoms with E-state index in [2.05, 4.69) is 11.9 Å². The number of carboxylic acid groups (broad SMARTS) is 1. The highest BCUT2D eigenvalue weighted by molar-refractivity contribution is 5.66. The molecule has 0 aromatic heterocycles. The first-order chi connectivity index (χ1) is 5.20. The fourth-order valence-corrected chi connectivity index (χ4v) is 1.81. The molecule has 1 heterocycles. The number of carbonyl (C=O) groups is 1. The van der Waals surface area contributed by atoms with E-state index in [4.69, 9.17) is 5.11 Å². The van der Waals surface area contributed by atoms with Gasteiger partial charge in [0.05, 0.1) is 6.04 Å². The van der Waals surface area contributed by atoms with Gasteiger partial charge in [-0.15, -0.1) is 0 Å². The van der Waals surface area contributed by atoms with Crippen molar-refractivity contribution in [3.8, 4) is 0 Å². The summed E-state index contributed by atoms with van der Waals surface area (Å²) in [4.78, 5) is 14.4. The van der Waals surface area contributed by atoms with E-state index < -0.39 is 6.09 Å². The monoisotopic (exact) mass is 156 g/mol. The van der Waals surface area contributed by atoms with Crippen LogP contribution in [0.25, 0.3) is 0 Å². The third kappa shape index (κ3) is 0.976. The van der Waals surface area contributed by atoms with E-state index in [1.165, 1.54) is 0 Å². The molecule has 1 saturated heterocycles. The molecule has 0 unspecified atom stereocenters. The Kier molecular flexibility index (Phi) is 1.32. The maximum atomic E-state index is 10.6. The first-order valence-corrected chi connectivity index (χ1v) is 3.90. The molecular formula is C7H12N2O2. The standard InChI is InChI=1S/C7H12N2O2/c1-8-2-3-9(7(10)11)6-4-5(6)8/h5-6H,2-4H2,1H3,(H,10,11)/t5-,6+/m1/s1. The maximum Gasteiger partial charge on any atom is 0.407 e. The summed E-state index contributed by atoms with van der Waals surface area (Å²) in [5.74, 6) is 0. The van der Waals surface area contributed by atoms with Crippen LogP contribution in [0.2, 0.25) is 0 Å². The minimum absolute atomic E-state index is 0.297. The van der Waals surface area contributed by atoms with Gasteiger partial charge in [0.1, 0.15) is 0 Å². The zero-order chi connectivity index (χ0) is 8.01. The Hall–Kier alpha value is -0.770. The Morgan fingerprint density at radius 1 is 1.45 bits per heavy atom. The summed E-state index contributed by atoms with van der Waals surface area (Å²) in [5.41, 5.74) is 0. The van der Waals surface area contributed by atoms with Crippen LogP contribution < -0.4 is 0 Å². The molecular weight excluding hydrogens is 144 g/mol. The van der Waals surface area contributed by atoms with Gasteiger partial charge >= 0.3 is 6.09 Å². The molecule has 4 heteroatoms. The van der Waals surface area contributed by atoms with Crippen molar-refractivity contribution < 1.29 is 9.90 Å². The zero-order valence-electron chi connectivity index (χ0n) is 6.53. The predicted molar refractivity (Wildman–Crippen MR) is 39.6 cm³/mol. The lowest BCUT2D eigenvalue weighted by atomic mass is 10.3. The largest absolute Gasteiger partial charge is 0.465 e. The van der Waals surface area contributed by atoms with Gasteiger partial charge in [0.25, 0.3) is 0 Å². The molecule has 62 valence electrons.